The number of unbranched alkanes of at least 4 members (excludes halogenated alkanes) is 23. The van der Waals surface area contributed by atoms with Crippen LogP contribution in [0.15, 0.2) is 12.2 Å². The van der Waals surface area contributed by atoms with Gasteiger partial charge in [-0.3, -0.25) is 18.6 Å². The van der Waals surface area contributed by atoms with Crippen LogP contribution >= 0.6 is 7.82 Å². The average molecular weight is 749 g/mol. The molecule has 0 bridgehead atoms. The lowest BCUT2D eigenvalue weighted by Crippen LogP contribution is -2.29. The van der Waals surface area contributed by atoms with Crippen molar-refractivity contribution >= 4 is 19.8 Å². The number of allylic oxidation sites excluding steroid dienone is 2. The minimum Gasteiger partial charge on any atom is -0.462 e. The van der Waals surface area contributed by atoms with Crippen LogP contribution in [0.25, 0.3) is 0 Å². The van der Waals surface area contributed by atoms with E-state index < -0.39 is 51.8 Å². The third-order valence-electron chi connectivity index (χ3n) is 8.92. The number of carbonyl (C=O) groups is 2. The maximum atomic E-state index is 12.4. The predicted octanol–water partition coefficient (Wildman–Crippen LogP) is 10.4. The summed E-state index contributed by atoms with van der Waals surface area (Å²) < 4.78 is 32.5. The van der Waals surface area contributed by atoms with E-state index in [2.05, 4.69) is 30.5 Å². The maximum absolute atomic E-state index is 12.4. The van der Waals surface area contributed by atoms with Crippen molar-refractivity contribution in [1.29, 1.82) is 0 Å². The van der Waals surface area contributed by atoms with Crippen molar-refractivity contribution in [2.24, 2.45) is 0 Å². The molecule has 0 heterocycles. The van der Waals surface area contributed by atoms with Gasteiger partial charge in [-0.1, -0.05) is 154 Å². The minimum atomic E-state index is -4.60. The first kappa shape index (κ1) is 49.7. The Labute approximate surface area is 311 Å². The summed E-state index contributed by atoms with van der Waals surface area (Å²) in [6, 6.07) is 0. The van der Waals surface area contributed by atoms with Crippen molar-refractivity contribution in [3.63, 3.8) is 0 Å². The highest BCUT2D eigenvalue weighted by molar-refractivity contribution is 7.47. The molecule has 0 aromatic carbocycles. The van der Waals surface area contributed by atoms with Crippen LogP contribution in [0.4, 0.5) is 0 Å². The van der Waals surface area contributed by atoms with Gasteiger partial charge < -0.3 is 24.6 Å². The molecular weight excluding hydrogens is 671 g/mol. The fraction of sp³-hybridized carbons (Fsp3) is 0.900. The van der Waals surface area contributed by atoms with E-state index in [9.17, 15) is 24.2 Å². The Morgan fingerprint density at radius 3 is 1.41 bits per heavy atom. The Morgan fingerprint density at radius 2 is 0.961 bits per heavy atom. The molecular formula is C40H77O10P. The van der Waals surface area contributed by atoms with Gasteiger partial charge in [0.1, 0.15) is 12.7 Å². The van der Waals surface area contributed by atoms with E-state index >= 15 is 0 Å². The molecule has 11 heteroatoms. The molecule has 0 radical (unpaired) electrons. The fourth-order valence-electron chi connectivity index (χ4n) is 5.69. The lowest BCUT2D eigenvalue weighted by Gasteiger charge is -2.20. The van der Waals surface area contributed by atoms with Gasteiger partial charge in [-0.25, -0.2) is 4.57 Å². The molecule has 0 fully saturated rings. The molecule has 0 aliphatic rings. The number of ether oxygens (including phenoxy) is 2. The molecule has 0 aromatic rings. The zero-order chi connectivity index (χ0) is 37.7. The third-order valence-corrected chi connectivity index (χ3v) is 9.87. The average Bonchev–Trinajstić information content (AvgIpc) is 3.12. The highest BCUT2D eigenvalue weighted by Gasteiger charge is 2.27. The summed E-state index contributed by atoms with van der Waals surface area (Å²) >= 11 is 0. The van der Waals surface area contributed by atoms with Crippen molar-refractivity contribution < 1.29 is 47.8 Å². The first-order chi connectivity index (χ1) is 24.7. The van der Waals surface area contributed by atoms with Crippen LogP contribution in [-0.2, 0) is 32.7 Å². The summed E-state index contributed by atoms with van der Waals surface area (Å²) in [5, 5.41) is 18.2. The Bertz CT molecular complexity index is 868. The molecule has 0 aliphatic heterocycles. The van der Waals surface area contributed by atoms with E-state index in [1.54, 1.807) is 0 Å². The van der Waals surface area contributed by atoms with Gasteiger partial charge in [-0.05, 0) is 38.5 Å². The molecule has 0 spiro atoms. The highest BCUT2D eigenvalue weighted by Crippen LogP contribution is 2.43. The van der Waals surface area contributed by atoms with E-state index in [0.717, 1.165) is 38.5 Å². The molecule has 302 valence electrons. The molecule has 0 aliphatic carbocycles. The molecule has 0 saturated carbocycles. The zero-order valence-electron chi connectivity index (χ0n) is 32.6. The summed E-state index contributed by atoms with van der Waals surface area (Å²) in [4.78, 5) is 34.7. The van der Waals surface area contributed by atoms with Gasteiger partial charge >= 0.3 is 19.8 Å². The molecule has 51 heavy (non-hydrogen) atoms. The number of aliphatic hydroxyl groups is 2. The van der Waals surface area contributed by atoms with E-state index in [4.69, 9.17) is 19.1 Å². The van der Waals surface area contributed by atoms with Gasteiger partial charge in [0.2, 0.25) is 0 Å². The van der Waals surface area contributed by atoms with E-state index in [1.165, 1.54) is 116 Å². The lowest BCUT2D eigenvalue weighted by atomic mass is 10.0. The molecule has 3 atom stereocenters. The SMILES string of the molecule is CCCCCCCC/C=C/CCCCCCCCCCCCCC(=O)OC[C@@H](COP(=O)(O)OC[C@H](O)CO)OC(=O)CCCCCCCCC. The number of phosphoric ester groups is 1. The monoisotopic (exact) mass is 749 g/mol. The molecule has 3 N–H and O–H groups in total. The largest absolute Gasteiger partial charge is 0.472 e. The van der Waals surface area contributed by atoms with Crippen LogP contribution in [0, 0.1) is 0 Å². The topological polar surface area (TPSA) is 149 Å². The molecule has 0 saturated heterocycles. The second-order valence-electron chi connectivity index (χ2n) is 14.0. The molecule has 0 aromatic heterocycles. The minimum absolute atomic E-state index is 0.186. The van der Waals surface area contributed by atoms with Gasteiger partial charge in [-0.15, -0.1) is 0 Å². The summed E-state index contributed by atoms with van der Waals surface area (Å²) in [7, 11) is -4.60. The second-order valence-corrected chi connectivity index (χ2v) is 15.5. The second kappa shape index (κ2) is 37.0. The summed E-state index contributed by atoms with van der Waals surface area (Å²) in [6.07, 6.45) is 33.6. The Kier molecular flexibility index (Phi) is 36.1. The van der Waals surface area contributed by atoms with Crippen molar-refractivity contribution in [3.8, 4) is 0 Å². The number of aliphatic hydroxyl groups excluding tert-OH is 2. The smallest absolute Gasteiger partial charge is 0.462 e. The Balaban J connectivity index is 4.09. The predicted molar refractivity (Wildman–Crippen MR) is 205 cm³/mol. The van der Waals surface area contributed by atoms with Crippen LogP contribution in [0.5, 0.6) is 0 Å². The van der Waals surface area contributed by atoms with Crippen molar-refractivity contribution in [3.05, 3.63) is 12.2 Å². The fourth-order valence-corrected chi connectivity index (χ4v) is 6.48. The van der Waals surface area contributed by atoms with E-state index in [-0.39, 0.29) is 19.4 Å². The van der Waals surface area contributed by atoms with Crippen LogP contribution in [-0.4, -0.2) is 65.7 Å². The van der Waals surface area contributed by atoms with E-state index in [0.29, 0.717) is 12.8 Å². The van der Waals surface area contributed by atoms with Gasteiger partial charge in [-0.2, -0.15) is 0 Å². The Morgan fingerprint density at radius 1 is 0.569 bits per heavy atom. The standard InChI is InChI=1S/C40H77O10P/c1-3-5-7-9-11-12-13-14-15-16-17-18-19-20-21-22-23-24-26-27-29-31-39(43)47-35-38(36-49-51(45,46)48-34-37(42)33-41)50-40(44)32-30-28-25-10-8-6-4-2/h14-15,37-38,41-42H,3-13,16-36H2,1-2H3,(H,45,46)/b15-14+/t37-,38+/m1/s1. The molecule has 0 rings (SSSR count). The number of carbonyl (C=O) groups excluding carboxylic acids is 2. The third kappa shape index (κ3) is 36.8. The van der Waals surface area contributed by atoms with Crippen LogP contribution in [0.3, 0.4) is 0 Å². The summed E-state index contributed by atoms with van der Waals surface area (Å²) in [5.74, 6) is -0.926. The van der Waals surface area contributed by atoms with Gasteiger partial charge in [0, 0.05) is 12.8 Å². The number of hydrogen-bond donors (Lipinski definition) is 3. The van der Waals surface area contributed by atoms with Crippen molar-refractivity contribution in [2.75, 3.05) is 26.4 Å². The Hall–Kier alpha value is -1.29. The molecule has 1 unspecified atom stereocenters. The van der Waals surface area contributed by atoms with Gasteiger partial charge in [0.05, 0.1) is 19.8 Å². The van der Waals surface area contributed by atoms with Crippen molar-refractivity contribution in [2.45, 2.75) is 206 Å². The lowest BCUT2D eigenvalue weighted by molar-refractivity contribution is -0.161. The number of rotatable bonds is 39. The number of phosphoric acid groups is 1. The van der Waals surface area contributed by atoms with Gasteiger partial charge in [0.15, 0.2) is 6.10 Å². The van der Waals surface area contributed by atoms with Crippen LogP contribution in [0.1, 0.15) is 194 Å². The van der Waals surface area contributed by atoms with Crippen LogP contribution < -0.4 is 0 Å². The molecule has 0 amide bonds. The first-order valence-electron chi connectivity index (χ1n) is 20.6. The van der Waals surface area contributed by atoms with Crippen LogP contribution in [0.2, 0.25) is 0 Å². The highest BCUT2D eigenvalue weighted by atomic mass is 31.2. The maximum Gasteiger partial charge on any atom is 0.472 e. The normalized spacial score (nSPS) is 14.1. The van der Waals surface area contributed by atoms with Crippen molar-refractivity contribution in [1.82, 2.24) is 0 Å². The number of esters is 2. The molecule has 10 nitrogen and oxygen atoms in total. The van der Waals surface area contributed by atoms with E-state index in [1.807, 2.05) is 0 Å². The first-order valence-corrected chi connectivity index (χ1v) is 22.1. The summed E-state index contributed by atoms with van der Waals surface area (Å²) in [5.41, 5.74) is 0. The summed E-state index contributed by atoms with van der Waals surface area (Å²) in [6.45, 7) is 2.33. The van der Waals surface area contributed by atoms with Gasteiger partial charge in [0.25, 0.3) is 0 Å². The number of hydrogen-bond acceptors (Lipinski definition) is 9. The quantitative estimate of drug-likeness (QED) is 0.0240. The zero-order valence-corrected chi connectivity index (χ0v) is 33.5.